The summed E-state index contributed by atoms with van der Waals surface area (Å²) >= 11 is 0. The van der Waals surface area contributed by atoms with Crippen LogP contribution in [0.5, 0.6) is 5.75 Å². The maximum atomic E-state index is 5.63. The van der Waals surface area contributed by atoms with Gasteiger partial charge in [0.25, 0.3) is 0 Å². The van der Waals surface area contributed by atoms with Crippen LogP contribution >= 0.6 is 0 Å². The lowest BCUT2D eigenvalue weighted by molar-refractivity contribution is 0.242. The van der Waals surface area contributed by atoms with Crippen molar-refractivity contribution in [3.63, 3.8) is 0 Å². The fraction of sp³-hybridized carbons (Fsp3) is 0.231. The summed E-state index contributed by atoms with van der Waals surface area (Å²) in [4.78, 5) is 8.25. The van der Waals surface area contributed by atoms with E-state index in [0.717, 1.165) is 17.0 Å². The number of nitrogens with zero attached hydrogens (tertiary/aromatic N) is 2. The summed E-state index contributed by atoms with van der Waals surface area (Å²) in [5.74, 6) is 1.24. The van der Waals surface area contributed by atoms with Gasteiger partial charge < -0.3 is 10.5 Å². The molecule has 88 valence electrons. The number of nitrogen functional groups attached to an aromatic ring is 1. The van der Waals surface area contributed by atoms with Crippen LogP contribution in [0.15, 0.2) is 36.7 Å². The number of hydrogen-bond acceptors (Lipinski definition) is 4. The lowest BCUT2D eigenvalue weighted by Gasteiger charge is -2.10. The molecule has 0 atom stereocenters. The predicted octanol–water partition coefficient (Wildman–Crippen LogP) is 2.51. The Morgan fingerprint density at radius 3 is 2.76 bits per heavy atom. The molecule has 0 bridgehead atoms. The van der Waals surface area contributed by atoms with Crippen molar-refractivity contribution in [2.75, 3.05) is 5.73 Å². The first-order valence-corrected chi connectivity index (χ1v) is 5.50. The van der Waals surface area contributed by atoms with Gasteiger partial charge in [-0.05, 0) is 26.0 Å². The standard InChI is InChI=1S/C13H15N3O/c1-9(2)17-11-5-3-4-10(6-11)12-7-15-8-13(14)16-12/h3-9H,1-2H3,(H2,14,16). The van der Waals surface area contributed by atoms with E-state index in [1.54, 1.807) is 6.20 Å². The number of ether oxygens (including phenoxy) is 1. The molecule has 0 aliphatic heterocycles. The van der Waals surface area contributed by atoms with Gasteiger partial charge in [0, 0.05) is 5.56 Å². The SMILES string of the molecule is CC(C)Oc1cccc(-c2cncc(N)n2)c1. The highest BCUT2D eigenvalue weighted by molar-refractivity contribution is 5.61. The maximum Gasteiger partial charge on any atom is 0.142 e. The smallest absolute Gasteiger partial charge is 0.142 e. The minimum absolute atomic E-state index is 0.150. The van der Waals surface area contributed by atoms with E-state index >= 15 is 0 Å². The fourth-order valence-electron chi connectivity index (χ4n) is 1.52. The number of benzene rings is 1. The van der Waals surface area contributed by atoms with Crippen LogP contribution in [0.2, 0.25) is 0 Å². The summed E-state index contributed by atoms with van der Waals surface area (Å²) in [6.45, 7) is 3.99. The summed E-state index contributed by atoms with van der Waals surface area (Å²) in [6, 6.07) is 7.74. The van der Waals surface area contributed by atoms with Crippen LogP contribution in [0, 0.1) is 0 Å². The molecule has 0 saturated carbocycles. The Hall–Kier alpha value is -2.10. The normalized spacial score (nSPS) is 10.5. The van der Waals surface area contributed by atoms with E-state index in [4.69, 9.17) is 10.5 Å². The zero-order chi connectivity index (χ0) is 12.3. The molecule has 0 amide bonds. The number of anilines is 1. The van der Waals surface area contributed by atoms with Gasteiger partial charge in [-0.2, -0.15) is 0 Å². The van der Waals surface area contributed by atoms with Crippen molar-refractivity contribution < 1.29 is 4.74 Å². The van der Waals surface area contributed by atoms with Gasteiger partial charge in [-0.15, -0.1) is 0 Å². The lowest BCUT2D eigenvalue weighted by atomic mass is 10.1. The Morgan fingerprint density at radius 1 is 1.24 bits per heavy atom. The third-order valence-corrected chi connectivity index (χ3v) is 2.15. The average Bonchev–Trinajstić information content (AvgIpc) is 2.28. The third kappa shape index (κ3) is 2.93. The van der Waals surface area contributed by atoms with Crippen molar-refractivity contribution in [3.05, 3.63) is 36.7 Å². The molecular weight excluding hydrogens is 214 g/mol. The topological polar surface area (TPSA) is 61.0 Å². The fourth-order valence-corrected chi connectivity index (χ4v) is 1.52. The Balaban J connectivity index is 2.33. The zero-order valence-corrected chi connectivity index (χ0v) is 9.92. The van der Waals surface area contributed by atoms with Gasteiger partial charge in [0.15, 0.2) is 0 Å². The van der Waals surface area contributed by atoms with Crippen LogP contribution in [-0.4, -0.2) is 16.1 Å². The number of aromatic nitrogens is 2. The molecule has 0 radical (unpaired) electrons. The van der Waals surface area contributed by atoms with Crippen molar-refractivity contribution in [3.8, 4) is 17.0 Å². The minimum atomic E-state index is 0.150. The molecule has 4 heteroatoms. The molecule has 0 aliphatic carbocycles. The van der Waals surface area contributed by atoms with Gasteiger partial charge in [-0.3, -0.25) is 4.98 Å². The highest BCUT2D eigenvalue weighted by Crippen LogP contribution is 2.22. The van der Waals surface area contributed by atoms with Crippen LogP contribution in [0.25, 0.3) is 11.3 Å². The highest BCUT2D eigenvalue weighted by Gasteiger charge is 2.03. The van der Waals surface area contributed by atoms with Gasteiger partial charge in [-0.25, -0.2) is 4.98 Å². The van der Waals surface area contributed by atoms with Crippen molar-refractivity contribution in [2.45, 2.75) is 20.0 Å². The monoisotopic (exact) mass is 229 g/mol. The molecule has 0 spiro atoms. The summed E-state index contributed by atoms with van der Waals surface area (Å²) in [5.41, 5.74) is 7.31. The van der Waals surface area contributed by atoms with Crippen molar-refractivity contribution in [1.29, 1.82) is 0 Å². The van der Waals surface area contributed by atoms with E-state index < -0.39 is 0 Å². The summed E-state index contributed by atoms with van der Waals surface area (Å²) in [6.07, 6.45) is 3.36. The van der Waals surface area contributed by atoms with Crippen LogP contribution in [0.3, 0.4) is 0 Å². The van der Waals surface area contributed by atoms with E-state index in [-0.39, 0.29) is 6.10 Å². The Bertz CT molecular complexity index is 512. The molecule has 2 aromatic rings. The molecule has 17 heavy (non-hydrogen) atoms. The van der Waals surface area contributed by atoms with Gasteiger partial charge in [0.05, 0.1) is 24.2 Å². The first kappa shape index (κ1) is 11.4. The molecule has 4 nitrogen and oxygen atoms in total. The molecule has 1 aromatic heterocycles. The van der Waals surface area contributed by atoms with Gasteiger partial charge in [-0.1, -0.05) is 12.1 Å². The van der Waals surface area contributed by atoms with E-state index in [1.165, 1.54) is 6.20 Å². The van der Waals surface area contributed by atoms with Gasteiger partial charge in [0.1, 0.15) is 11.6 Å². The van der Waals surface area contributed by atoms with Crippen molar-refractivity contribution in [2.24, 2.45) is 0 Å². The first-order chi connectivity index (χ1) is 8.15. The van der Waals surface area contributed by atoms with Gasteiger partial charge in [0.2, 0.25) is 0 Å². The summed E-state index contributed by atoms with van der Waals surface area (Å²) < 4.78 is 5.63. The maximum absolute atomic E-state index is 5.63. The highest BCUT2D eigenvalue weighted by atomic mass is 16.5. The lowest BCUT2D eigenvalue weighted by Crippen LogP contribution is -2.05. The second-order valence-corrected chi connectivity index (χ2v) is 4.02. The molecule has 0 unspecified atom stereocenters. The molecule has 0 aliphatic rings. The average molecular weight is 229 g/mol. The molecule has 1 heterocycles. The van der Waals surface area contributed by atoms with E-state index in [2.05, 4.69) is 9.97 Å². The van der Waals surface area contributed by atoms with E-state index in [0.29, 0.717) is 5.82 Å². The molecule has 2 rings (SSSR count). The molecule has 0 fully saturated rings. The van der Waals surface area contributed by atoms with Crippen molar-refractivity contribution >= 4 is 5.82 Å². The molecular formula is C13H15N3O. The largest absolute Gasteiger partial charge is 0.491 e. The Labute approximate surface area is 100 Å². The minimum Gasteiger partial charge on any atom is -0.491 e. The van der Waals surface area contributed by atoms with Crippen LogP contribution < -0.4 is 10.5 Å². The second kappa shape index (κ2) is 4.82. The van der Waals surface area contributed by atoms with Crippen LogP contribution in [0.4, 0.5) is 5.82 Å². The van der Waals surface area contributed by atoms with E-state index in [9.17, 15) is 0 Å². The predicted molar refractivity (Wildman–Crippen MR) is 67.6 cm³/mol. The number of nitrogens with two attached hydrogens (primary N) is 1. The molecule has 2 N–H and O–H groups in total. The number of rotatable bonds is 3. The quantitative estimate of drug-likeness (QED) is 0.878. The first-order valence-electron chi connectivity index (χ1n) is 5.50. The Kier molecular flexibility index (Phi) is 3.23. The third-order valence-electron chi connectivity index (χ3n) is 2.15. The molecule has 1 aromatic carbocycles. The van der Waals surface area contributed by atoms with E-state index in [1.807, 2.05) is 38.1 Å². The molecule has 0 saturated heterocycles. The van der Waals surface area contributed by atoms with Crippen LogP contribution in [-0.2, 0) is 0 Å². The number of hydrogen-bond donors (Lipinski definition) is 1. The zero-order valence-electron chi connectivity index (χ0n) is 9.92. The van der Waals surface area contributed by atoms with Crippen LogP contribution in [0.1, 0.15) is 13.8 Å². The summed E-state index contributed by atoms with van der Waals surface area (Å²) in [7, 11) is 0. The second-order valence-electron chi connectivity index (χ2n) is 4.02. The summed E-state index contributed by atoms with van der Waals surface area (Å²) in [5, 5.41) is 0. The van der Waals surface area contributed by atoms with Crippen molar-refractivity contribution in [1.82, 2.24) is 9.97 Å². The van der Waals surface area contributed by atoms with Gasteiger partial charge >= 0.3 is 0 Å². The Morgan fingerprint density at radius 2 is 2.06 bits per heavy atom.